The molecule has 0 bridgehead atoms. The molecule has 0 aliphatic carbocycles. The maximum absolute atomic E-state index is 12.8. The first kappa shape index (κ1) is 65.8. The van der Waals surface area contributed by atoms with E-state index >= 15 is 0 Å². The summed E-state index contributed by atoms with van der Waals surface area (Å²) in [5.74, 6) is -1.21. The molecule has 0 saturated carbocycles. The Hall–Kier alpha value is -4.19. The standard InChI is InChI=1S/C64H104O6/c1-4-7-10-13-16-19-22-25-28-29-30-31-32-33-34-37-39-42-45-48-51-54-57-63(66)69-60-61(70-64(67)58-55-52-49-46-43-40-36-27-24-21-18-15-12-9-6-3)59-68-62(65)56-53-50-47-44-41-38-35-26-23-20-17-14-11-8-5-2/h8-9,11-12,17-18,20-21,26-27,35-36,41,43-44,46,50,52-53,55,61H,4-7,10,13-16,19,22-25,28-34,37-40,42,45,47-49,51,54,56-60H2,1-3H3/b11-8-,12-9-,20-17-,21-18-,35-26-,36-27-,44-41-,46-43-,53-50-,55-52-. The van der Waals surface area contributed by atoms with E-state index < -0.39 is 18.0 Å². The average Bonchev–Trinajstić information content (AvgIpc) is 3.36. The molecule has 0 amide bonds. The Kier molecular flexibility index (Phi) is 54.0. The minimum absolute atomic E-state index is 0.0748. The van der Waals surface area contributed by atoms with Crippen LogP contribution in [0, 0.1) is 0 Å². The summed E-state index contributed by atoms with van der Waals surface area (Å²) in [6.45, 7) is 6.24. The third kappa shape index (κ3) is 54.7. The molecule has 0 saturated heterocycles. The summed E-state index contributed by atoms with van der Waals surface area (Å²) in [5, 5.41) is 0. The first-order valence-electron chi connectivity index (χ1n) is 28.5. The van der Waals surface area contributed by atoms with Gasteiger partial charge in [-0.15, -0.1) is 0 Å². The largest absolute Gasteiger partial charge is 0.462 e. The lowest BCUT2D eigenvalue weighted by atomic mass is 10.0. The Morgan fingerprint density at radius 2 is 0.557 bits per heavy atom. The lowest BCUT2D eigenvalue weighted by molar-refractivity contribution is -0.166. The molecule has 0 heterocycles. The van der Waals surface area contributed by atoms with E-state index in [1.807, 2.05) is 12.2 Å². The Morgan fingerprint density at radius 3 is 0.871 bits per heavy atom. The van der Waals surface area contributed by atoms with Crippen LogP contribution in [0.1, 0.15) is 245 Å². The molecule has 0 aromatic rings. The number of unbranched alkanes of at least 4 members (excludes halogenated alkanes) is 21. The molecule has 1 atom stereocenters. The Balaban J connectivity index is 4.50. The minimum Gasteiger partial charge on any atom is -0.462 e. The molecule has 6 nitrogen and oxygen atoms in total. The van der Waals surface area contributed by atoms with E-state index in [-0.39, 0.29) is 32.0 Å². The molecule has 0 aliphatic heterocycles. The smallest absolute Gasteiger partial charge is 0.310 e. The van der Waals surface area contributed by atoms with Crippen molar-refractivity contribution in [3.05, 3.63) is 122 Å². The van der Waals surface area contributed by atoms with Gasteiger partial charge in [0.25, 0.3) is 0 Å². The molecule has 0 aromatic carbocycles. The second-order valence-corrected chi connectivity index (χ2v) is 18.5. The van der Waals surface area contributed by atoms with Crippen molar-refractivity contribution in [3.8, 4) is 0 Å². The normalized spacial score (nSPS) is 13.0. The van der Waals surface area contributed by atoms with Gasteiger partial charge in [0, 0.05) is 6.42 Å². The van der Waals surface area contributed by atoms with E-state index in [1.165, 1.54) is 122 Å². The third-order valence-corrected chi connectivity index (χ3v) is 11.8. The second-order valence-electron chi connectivity index (χ2n) is 18.5. The van der Waals surface area contributed by atoms with Gasteiger partial charge in [0.05, 0.1) is 12.8 Å². The highest BCUT2D eigenvalue weighted by Gasteiger charge is 2.19. The summed E-state index contributed by atoms with van der Waals surface area (Å²) in [7, 11) is 0. The number of carbonyl (C=O) groups excluding carboxylic acids is 3. The molecule has 0 aromatic heterocycles. The SMILES string of the molecule is CC/C=C\C/C=C\C/C=C\C/C=C\C/C=C\CC(=O)OCC(COC(=O)CCCCCCCCCCCCCCCCCCCCCCCC)OC(=O)C/C=C\C/C=C\C/C=C\C/C=C\C/C=C\CC. The van der Waals surface area contributed by atoms with Gasteiger partial charge in [-0.05, 0) is 70.6 Å². The molecule has 0 N–H and O–H groups in total. The van der Waals surface area contributed by atoms with Gasteiger partial charge >= 0.3 is 17.9 Å². The molecule has 1 unspecified atom stereocenters. The van der Waals surface area contributed by atoms with Gasteiger partial charge in [-0.3, -0.25) is 14.4 Å². The summed E-state index contributed by atoms with van der Waals surface area (Å²) in [4.78, 5) is 38.0. The van der Waals surface area contributed by atoms with Crippen molar-refractivity contribution < 1.29 is 28.6 Å². The zero-order valence-electron chi connectivity index (χ0n) is 45.2. The number of esters is 3. The molecule has 396 valence electrons. The molecule has 6 heteroatoms. The van der Waals surface area contributed by atoms with Crippen molar-refractivity contribution in [2.75, 3.05) is 13.2 Å². The number of carbonyl (C=O) groups is 3. The van der Waals surface area contributed by atoms with Gasteiger partial charge in [0.2, 0.25) is 0 Å². The zero-order chi connectivity index (χ0) is 50.7. The zero-order valence-corrected chi connectivity index (χ0v) is 45.2. The molecular formula is C64H104O6. The average molecular weight is 970 g/mol. The van der Waals surface area contributed by atoms with Crippen LogP contribution >= 0.6 is 0 Å². The number of hydrogen-bond acceptors (Lipinski definition) is 6. The summed E-state index contributed by atoms with van der Waals surface area (Å²) >= 11 is 0. The van der Waals surface area contributed by atoms with E-state index in [2.05, 4.69) is 118 Å². The Labute approximate surface area is 431 Å². The van der Waals surface area contributed by atoms with E-state index in [9.17, 15) is 14.4 Å². The van der Waals surface area contributed by atoms with Crippen LogP contribution in [0.4, 0.5) is 0 Å². The number of rotatable bonds is 50. The van der Waals surface area contributed by atoms with Crippen LogP contribution in [0.3, 0.4) is 0 Å². The van der Waals surface area contributed by atoms with Crippen LogP contribution in [0.15, 0.2) is 122 Å². The lowest BCUT2D eigenvalue weighted by Crippen LogP contribution is -2.30. The van der Waals surface area contributed by atoms with Crippen LogP contribution in [-0.2, 0) is 28.6 Å². The second kappa shape index (κ2) is 57.4. The van der Waals surface area contributed by atoms with Gasteiger partial charge < -0.3 is 14.2 Å². The maximum atomic E-state index is 12.8. The predicted molar refractivity (Wildman–Crippen MR) is 302 cm³/mol. The van der Waals surface area contributed by atoms with Crippen LogP contribution in [0.25, 0.3) is 0 Å². The van der Waals surface area contributed by atoms with Crippen LogP contribution in [0.2, 0.25) is 0 Å². The molecule has 0 radical (unpaired) electrons. The predicted octanol–water partition coefficient (Wildman–Crippen LogP) is 19.3. The molecule has 0 fully saturated rings. The van der Waals surface area contributed by atoms with Crippen molar-refractivity contribution in [1.29, 1.82) is 0 Å². The van der Waals surface area contributed by atoms with Crippen molar-refractivity contribution in [3.63, 3.8) is 0 Å². The van der Waals surface area contributed by atoms with Crippen LogP contribution < -0.4 is 0 Å². The van der Waals surface area contributed by atoms with Gasteiger partial charge in [0.1, 0.15) is 13.2 Å². The van der Waals surface area contributed by atoms with Crippen molar-refractivity contribution in [1.82, 2.24) is 0 Å². The summed E-state index contributed by atoms with van der Waals surface area (Å²) < 4.78 is 16.6. The molecular weight excluding hydrogens is 865 g/mol. The molecule has 0 spiro atoms. The molecule has 0 rings (SSSR count). The Morgan fingerprint density at radius 1 is 0.300 bits per heavy atom. The van der Waals surface area contributed by atoms with Gasteiger partial charge in [-0.25, -0.2) is 0 Å². The lowest BCUT2D eigenvalue weighted by Gasteiger charge is -2.17. The van der Waals surface area contributed by atoms with Crippen LogP contribution in [-0.4, -0.2) is 37.2 Å². The highest BCUT2D eigenvalue weighted by atomic mass is 16.6. The van der Waals surface area contributed by atoms with Gasteiger partial charge in [-0.1, -0.05) is 277 Å². The monoisotopic (exact) mass is 969 g/mol. The summed E-state index contributed by atoms with van der Waals surface area (Å²) in [6, 6.07) is 0. The fourth-order valence-corrected chi connectivity index (χ4v) is 7.59. The van der Waals surface area contributed by atoms with E-state index in [1.54, 1.807) is 12.2 Å². The highest BCUT2D eigenvalue weighted by Crippen LogP contribution is 2.16. The van der Waals surface area contributed by atoms with Crippen LogP contribution in [0.5, 0.6) is 0 Å². The number of hydrogen-bond donors (Lipinski definition) is 0. The number of ether oxygens (including phenoxy) is 3. The quantitative estimate of drug-likeness (QED) is 0.0262. The maximum Gasteiger partial charge on any atom is 0.310 e. The van der Waals surface area contributed by atoms with Gasteiger partial charge in [-0.2, -0.15) is 0 Å². The number of allylic oxidation sites excluding steroid dienone is 18. The fraction of sp³-hybridized carbons (Fsp3) is 0.641. The molecule has 70 heavy (non-hydrogen) atoms. The Bertz CT molecular complexity index is 1490. The minimum atomic E-state index is -0.874. The van der Waals surface area contributed by atoms with E-state index in [0.717, 1.165) is 77.0 Å². The van der Waals surface area contributed by atoms with Crippen molar-refractivity contribution >= 4 is 17.9 Å². The van der Waals surface area contributed by atoms with Crippen molar-refractivity contribution in [2.45, 2.75) is 252 Å². The molecule has 0 aliphatic rings. The first-order chi connectivity index (χ1) is 34.5. The summed E-state index contributed by atoms with van der Waals surface area (Å²) in [5.41, 5.74) is 0. The van der Waals surface area contributed by atoms with Gasteiger partial charge in [0.15, 0.2) is 6.10 Å². The first-order valence-corrected chi connectivity index (χ1v) is 28.5. The summed E-state index contributed by atoms with van der Waals surface area (Å²) in [6.07, 6.45) is 79.7. The third-order valence-electron chi connectivity index (χ3n) is 11.8. The van der Waals surface area contributed by atoms with Crippen molar-refractivity contribution in [2.24, 2.45) is 0 Å². The fourth-order valence-electron chi connectivity index (χ4n) is 7.59. The highest BCUT2D eigenvalue weighted by molar-refractivity contribution is 5.72. The van der Waals surface area contributed by atoms with E-state index in [4.69, 9.17) is 14.2 Å². The topological polar surface area (TPSA) is 78.9 Å². The van der Waals surface area contributed by atoms with E-state index in [0.29, 0.717) is 12.8 Å².